The molecule has 1 aliphatic rings. The summed E-state index contributed by atoms with van der Waals surface area (Å²) in [5.74, 6) is 0.695. The highest BCUT2D eigenvalue weighted by atomic mass is 32.1. The largest absolute Gasteiger partial charge is 0.569 e. The van der Waals surface area contributed by atoms with Crippen molar-refractivity contribution in [3.63, 3.8) is 0 Å². The molecule has 0 saturated heterocycles. The van der Waals surface area contributed by atoms with Gasteiger partial charge in [-0.1, -0.05) is 62.4 Å². The van der Waals surface area contributed by atoms with E-state index in [0.717, 1.165) is 12.4 Å². The van der Waals surface area contributed by atoms with Crippen molar-refractivity contribution >= 4 is 39.2 Å². The molecule has 2 nitrogen and oxygen atoms in total. The van der Waals surface area contributed by atoms with Crippen LogP contribution in [0.3, 0.4) is 0 Å². The van der Waals surface area contributed by atoms with Crippen LogP contribution in [0.1, 0.15) is 25.0 Å². The third-order valence-corrected chi connectivity index (χ3v) is 6.61. The summed E-state index contributed by atoms with van der Waals surface area (Å²) in [6.45, 7) is 4.60. The Kier molecular flexibility index (Phi) is 3.06. The van der Waals surface area contributed by atoms with Crippen molar-refractivity contribution in [1.82, 2.24) is 0 Å². The quantitative estimate of drug-likeness (QED) is 0.503. The maximum absolute atomic E-state index is 9.07. The van der Waals surface area contributed by atoms with Crippen LogP contribution in [0.15, 0.2) is 54.6 Å². The summed E-state index contributed by atoms with van der Waals surface area (Å²) in [6.07, 6.45) is 0. The molecule has 1 radical (unpaired) electrons. The molecule has 5 rings (SSSR count). The molecule has 25 heavy (non-hydrogen) atoms. The molecular formula is C21H16BO2S. The predicted molar refractivity (Wildman–Crippen MR) is 105 cm³/mol. The van der Waals surface area contributed by atoms with Crippen LogP contribution in [0, 0.1) is 0 Å². The van der Waals surface area contributed by atoms with Crippen LogP contribution in [0.2, 0.25) is 0 Å². The zero-order valence-corrected chi connectivity index (χ0v) is 14.9. The first kappa shape index (κ1) is 15.0. The fraction of sp³-hybridized carbons (Fsp3) is 0.143. The van der Waals surface area contributed by atoms with E-state index in [1.54, 1.807) is 11.3 Å². The SMILES string of the molecule is CC1(C)c2ccccc2-c2c1ccc1c2sc2c(O[B]O)cccc21. The average Bonchev–Trinajstić information content (AvgIpc) is 3.10. The van der Waals surface area contributed by atoms with Crippen LogP contribution in [0.4, 0.5) is 0 Å². The number of hydrogen-bond donors (Lipinski definition) is 1. The van der Waals surface area contributed by atoms with Gasteiger partial charge < -0.3 is 9.68 Å². The molecule has 121 valence electrons. The van der Waals surface area contributed by atoms with Crippen molar-refractivity contribution in [3.05, 3.63) is 65.7 Å². The number of benzene rings is 3. The molecule has 1 heterocycles. The second-order valence-electron chi connectivity index (χ2n) is 6.99. The summed E-state index contributed by atoms with van der Waals surface area (Å²) in [4.78, 5) is 0. The first-order valence-corrected chi connectivity index (χ1v) is 9.15. The lowest BCUT2D eigenvalue weighted by atomic mass is 9.82. The molecule has 0 saturated carbocycles. The second-order valence-corrected chi connectivity index (χ2v) is 8.01. The van der Waals surface area contributed by atoms with E-state index in [1.165, 1.54) is 37.7 Å². The van der Waals surface area contributed by atoms with Crippen molar-refractivity contribution in [2.24, 2.45) is 0 Å². The van der Waals surface area contributed by atoms with Gasteiger partial charge in [0.25, 0.3) is 0 Å². The van der Waals surface area contributed by atoms with Gasteiger partial charge >= 0.3 is 7.69 Å². The van der Waals surface area contributed by atoms with Gasteiger partial charge in [0.15, 0.2) is 0 Å². The minimum Gasteiger partial charge on any atom is -0.536 e. The lowest BCUT2D eigenvalue weighted by Crippen LogP contribution is -2.14. The first-order chi connectivity index (χ1) is 12.1. The molecule has 1 N–H and O–H groups in total. The van der Waals surface area contributed by atoms with Gasteiger partial charge in [-0.2, -0.15) is 0 Å². The van der Waals surface area contributed by atoms with Gasteiger partial charge in [0, 0.05) is 26.5 Å². The minimum atomic E-state index is 0.00843. The second kappa shape index (κ2) is 5.10. The Hall–Kier alpha value is -2.30. The van der Waals surface area contributed by atoms with Crippen molar-refractivity contribution in [3.8, 4) is 16.9 Å². The Labute approximate surface area is 151 Å². The molecule has 3 aromatic carbocycles. The number of rotatable bonds is 2. The van der Waals surface area contributed by atoms with E-state index in [1.807, 2.05) is 12.1 Å². The van der Waals surface area contributed by atoms with Crippen LogP contribution in [0.5, 0.6) is 5.75 Å². The Morgan fingerprint density at radius 3 is 2.52 bits per heavy atom. The van der Waals surface area contributed by atoms with Crippen LogP contribution in [-0.4, -0.2) is 12.7 Å². The Morgan fingerprint density at radius 1 is 0.880 bits per heavy atom. The lowest BCUT2D eigenvalue weighted by Gasteiger charge is -2.21. The molecule has 0 fully saturated rings. The van der Waals surface area contributed by atoms with Gasteiger partial charge in [-0.05, 0) is 22.8 Å². The zero-order chi connectivity index (χ0) is 17.2. The number of fused-ring (bicyclic) bond motifs is 7. The Morgan fingerprint density at radius 2 is 1.68 bits per heavy atom. The van der Waals surface area contributed by atoms with Crippen molar-refractivity contribution in [2.75, 3.05) is 0 Å². The van der Waals surface area contributed by atoms with E-state index >= 15 is 0 Å². The Bertz CT molecular complexity index is 1140. The number of hydrogen-bond acceptors (Lipinski definition) is 3. The summed E-state index contributed by atoms with van der Waals surface area (Å²) in [7, 11) is 0.752. The molecule has 0 atom stereocenters. The van der Waals surface area contributed by atoms with E-state index in [-0.39, 0.29) is 5.41 Å². The van der Waals surface area contributed by atoms with Crippen molar-refractivity contribution in [2.45, 2.75) is 19.3 Å². The standard InChI is InChI=1S/C21H16BO2S/c1-21(2)15-8-4-3-6-14(15)18-16(21)11-10-13-12-7-5-9-17(24-22-23)19(12)25-20(13)18/h3-11,23H,1-2H3. The monoisotopic (exact) mass is 343 g/mol. The van der Waals surface area contributed by atoms with Gasteiger partial charge in [0.05, 0.1) is 4.70 Å². The summed E-state index contributed by atoms with van der Waals surface area (Å²) < 4.78 is 7.68. The van der Waals surface area contributed by atoms with E-state index in [0.29, 0.717) is 5.75 Å². The van der Waals surface area contributed by atoms with Gasteiger partial charge in [-0.15, -0.1) is 11.3 Å². The summed E-state index contributed by atoms with van der Waals surface area (Å²) in [5, 5.41) is 11.5. The molecule has 0 aliphatic heterocycles. The summed E-state index contributed by atoms with van der Waals surface area (Å²) >= 11 is 1.74. The molecule has 0 unspecified atom stereocenters. The third kappa shape index (κ3) is 1.89. The van der Waals surface area contributed by atoms with Crippen LogP contribution in [0.25, 0.3) is 31.3 Å². The minimum absolute atomic E-state index is 0.00843. The topological polar surface area (TPSA) is 29.5 Å². The molecule has 0 bridgehead atoms. The van der Waals surface area contributed by atoms with E-state index in [4.69, 9.17) is 9.68 Å². The van der Waals surface area contributed by atoms with Crippen LogP contribution >= 0.6 is 11.3 Å². The number of thiophene rings is 1. The van der Waals surface area contributed by atoms with Crippen molar-refractivity contribution < 1.29 is 9.68 Å². The Balaban J connectivity index is 1.93. The predicted octanol–water partition coefficient (Wildman–Crippen LogP) is 5.27. The van der Waals surface area contributed by atoms with Crippen molar-refractivity contribution in [1.29, 1.82) is 0 Å². The first-order valence-electron chi connectivity index (χ1n) is 8.34. The third-order valence-electron chi connectivity index (χ3n) is 5.35. The van der Waals surface area contributed by atoms with Gasteiger partial charge in [0.2, 0.25) is 0 Å². The van der Waals surface area contributed by atoms with E-state index < -0.39 is 0 Å². The van der Waals surface area contributed by atoms with E-state index in [9.17, 15) is 0 Å². The molecule has 1 aromatic heterocycles. The average molecular weight is 343 g/mol. The summed E-state index contributed by atoms with van der Waals surface area (Å²) in [6, 6.07) is 19.2. The molecular weight excluding hydrogens is 327 g/mol. The molecule has 1 aliphatic carbocycles. The fourth-order valence-corrected chi connectivity index (χ4v) is 5.48. The maximum Gasteiger partial charge on any atom is 0.569 e. The van der Waals surface area contributed by atoms with Gasteiger partial charge in [0.1, 0.15) is 5.75 Å². The molecule has 4 heteroatoms. The normalized spacial score (nSPS) is 14.5. The lowest BCUT2D eigenvalue weighted by molar-refractivity contribution is 0.457. The maximum atomic E-state index is 9.07. The molecule has 0 amide bonds. The molecule has 0 spiro atoms. The van der Waals surface area contributed by atoms with Gasteiger partial charge in [-0.3, -0.25) is 0 Å². The smallest absolute Gasteiger partial charge is 0.536 e. The van der Waals surface area contributed by atoms with Gasteiger partial charge in [-0.25, -0.2) is 0 Å². The highest BCUT2D eigenvalue weighted by Gasteiger charge is 2.36. The summed E-state index contributed by atoms with van der Waals surface area (Å²) in [5.41, 5.74) is 5.45. The van der Waals surface area contributed by atoms with Crippen LogP contribution < -0.4 is 4.65 Å². The fourth-order valence-electron chi connectivity index (χ4n) is 4.17. The zero-order valence-electron chi connectivity index (χ0n) is 14.0. The van der Waals surface area contributed by atoms with E-state index in [2.05, 4.69) is 56.3 Å². The van der Waals surface area contributed by atoms with Crippen LogP contribution in [-0.2, 0) is 5.41 Å². The highest BCUT2D eigenvalue weighted by Crippen LogP contribution is 2.54. The molecule has 4 aromatic rings. The highest BCUT2D eigenvalue weighted by molar-refractivity contribution is 7.26.